The quantitative estimate of drug-likeness (QED) is 0.813. The summed E-state index contributed by atoms with van der Waals surface area (Å²) in [7, 11) is 0. The number of nitrogens with zero attached hydrogens (tertiary/aromatic N) is 2. The Morgan fingerprint density at radius 2 is 2.33 bits per heavy atom. The van der Waals surface area contributed by atoms with Crippen LogP contribution in [-0.4, -0.2) is 45.2 Å². The molecule has 1 saturated heterocycles. The maximum absolute atomic E-state index is 12.3. The van der Waals surface area contributed by atoms with Crippen molar-refractivity contribution in [1.29, 1.82) is 0 Å². The number of amides is 1. The molecule has 0 aliphatic carbocycles. The van der Waals surface area contributed by atoms with E-state index in [0.29, 0.717) is 17.5 Å². The van der Waals surface area contributed by atoms with Gasteiger partial charge in [0, 0.05) is 18.0 Å². The van der Waals surface area contributed by atoms with Gasteiger partial charge in [-0.2, -0.15) is 0 Å². The van der Waals surface area contributed by atoms with Gasteiger partial charge in [-0.1, -0.05) is 18.7 Å². The molecule has 1 atom stereocenters. The lowest BCUT2D eigenvalue weighted by molar-refractivity contribution is -0.136. The normalized spacial score (nSPS) is 18.7. The van der Waals surface area contributed by atoms with Crippen LogP contribution < -0.4 is 0 Å². The molecule has 2 heterocycles. The second-order valence-electron chi connectivity index (χ2n) is 5.11. The molecular weight excluding hydrogens is 308 g/mol. The molecule has 1 aliphatic heterocycles. The first kappa shape index (κ1) is 16.3. The molecule has 0 spiro atoms. The number of piperidine rings is 1. The van der Waals surface area contributed by atoms with Crippen LogP contribution in [-0.2, 0) is 16.0 Å². The lowest BCUT2D eigenvalue weighted by atomic mass is 10.0. The summed E-state index contributed by atoms with van der Waals surface area (Å²) in [6.45, 7) is 2.99. The minimum Gasteiger partial charge on any atom is -0.481 e. The lowest BCUT2D eigenvalue weighted by Crippen LogP contribution is -2.44. The third-order valence-electron chi connectivity index (χ3n) is 3.60. The fraction of sp³-hybridized carbons (Fsp3) is 0.643. The molecule has 5 nitrogen and oxygen atoms in total. The second-order valence-corrected chi connectivity index (χ2v) is 7.19. The van der Waals surface area contributed by atoms with E-state index in [1.165, 1.54) is 29.5 Å². The summed E-state index contributed by atoms with van der Waals surface area (Å²) < 4.78 is 0.768. The predicted molar refractivity (Wildman–Crippen MR) is 83.8 cm³/mol. The number of likely N-dealkylation sites (tertiary alicyclic amines) is 1. The van der Waals surface area contributed by atoms with Crippen molar-refractivity contribution in [2.75, 3.05) is 12.3 Å². The Balaban J connectivity index is 1.85. The zero-order valence-electron chi connectivity index (χ0n) is 12.1. The zero-order valence-corrected chi connectivity index (χ0v) is 13.7. The first-order valence-corrected chi connectivity index (χ1v) is 9.05. The average Bonchev–Trinajstić information content (AvgIpc) is 2.91. The summed E-state index contributed by atoms with van der Waals surface area (Å²) in [5.74, 6) is -0.329. The monoisotopic (exact) mass is 328 g/mol. The third kappa shape index (κ3) is 4.71. The molecule has 0 aromatic carbocycles. The molecule has 0 bridgehead atoms. The van der Waals surface area contributed by atoms with E-state index in [9.17, 15) is 9.59 Å². The lowest BCUT2D eigenvalue weighted by Gasteiger charge is -2.35. The topological polar surface area (TPSA) is 70.5 Å². The maximum atomic E-state index is 12.3. The number of aliphatic carboxylic acids is 1. The molecule has 1 aliphatic rings. The number of aromatic nitrogens is 1. The van der Waals surface area contributed by atoms with Crippen molar-refractivity contribution < 1.29 is 14.7 Å². The van der Waals surface area contributed by atoms with Gasteiger partial charge >= 0.3 is 5.97 Å². The number of thioether (sulfide) groups is 1. The Morgan fingerprint density at radius 3 is 3.05 bits per heavy atom. The Bertz CT molecular complexity index is 504. The SMILES string of the molecule is CCC1CCCCN1C(=O)CSc1nc(CC(=O)O)cs1. The van der Waals surface area contributed by atoms with Crippen LogP contribution in [0.15, 0.2) is 9.72 Å². The van der Waals surface area contributed by atoms with E-state index in [1.807, 2.05) is 4.90 Å². The highest BCUT2D eigenvalue weighted by Crippen LogP contribution is 2.25. The Kier molecular flexibility index (Phi) is 6.05. The van der Waals surface area contributed by atoms with Crippen molar-refractivity contribution in [2.24, 2.45) is 0 Å². The van der Waals surface area contributed by atoms with Crippen molar-refractivity contribution in [3.05, 3.63) is 11.1 Å². The summed E-state index contributed by atoms with van der Waals surface area (Å²) in [5, 5.41) is 10.5. The average molecular weight is 328 g/mol. The molecule has 2 rings (SSSR count). The number of carboxylic acids is 1. The number of carbonyl (C=O) groups excluding carboxylic acids is 1. The van der Waals surface area contributed by atoms with Gasteiger partial charge in [0.05, 0.1) is 17.9 Å². The van der Waals surface area contributed by atoms with E-state index in [-0.39, 0.29) is 12.3 Å². The van der Waals surface area contributed by atoms with Crippen molar-refractivity contribution in [1.82, 2.24) is 9.88 Å². The summed E-state index contributed by atoms with van der Waals surface area (Å²) in [6.07, 6.45) is 4.35. The number of hydrogen-bond acceptors (Lipinski definition) is 5. The zero-order chi connectivity index (χ0) is 15.2. The van der Waals surface area contributed by atoms with Crippen LogP contribution in [0.1, 0.15) is 38.3 Å². The van der Waals surface area contributed by atoms with Crippen LogP contribution in [0, 0.1) is 0 Å². The van der Waals surface area contributed by atoms with Crippen molar-refractivity contribution >= 4 is 35.0 Å². The van der Waals surface area contributed by atoms with E-state index in [1.54, 1.807) is 5.38 Å². The van der Waals surface area contributed by atoms with Crippen molar-refractivity contribution in [3.8, 4) is 0 Å². The van der Waals surface area contributed by atoms with Crippen LogP contribution in [0.4, 0.5) is 0 Å². The Morgan fingerprint density at radius 1 is 1.52 bits per heavy atom. The number of carbonyl (C=O) groups is 2. The summed E-state index contributed by atoms with van der Waals surface area (Å²) in [5.41, 5.74) is 0.562. The highest BCUT2D eigenvalue weighted by atomic mass is 32.2. The number of carboxylic acid groups (broad SMARTS) is 1. The molecule has 0 radical (unpaired) electrons. The molecule has 1 unspecified atom stereocenters. The van der Waals surface area contributed by atoms with Crippen LogP contribution >= 0.6 is 23.1 Å². The third-order valence-corrected chi connectivity index (χ3v) is 5.66. The van der Waals surface area contributed by atoms with Gasteiger partial charge in [0.25, 0.3) is 0 Å². The van der Waals surface area contributed by atoms with E-state index in [0.717, 1.165) is 30.1 Å². The smallest absolute Gasteiger partial charge is 0.309 e. The molecule has 1 amide bonds. The number of hydrogen-bond donors (Lipinski definition) is 1. The second kappa shape index (κ2) is 7.79. The molecule has 21 heavy (non-hydrogen) atoms. The molecule has 0 saturated carbocycles. The van der Waals surface area contributed by atoms with E-state index >= 15 is 0 Å². The summed E-state index contributed by atoms with van der Waals surface area (Å²) >= 11 is 2.81. The van der Waals surface area contributed by atoms with Crippen molar-refractivity contribution in [3.63, 3.8) is 0 Å². The van der Waals surface area contributed by atoms with Gasteiger partial charge in [0.1, 0.15) is 0 Å². The van der Waals surface area contributed by atoms with Gasteiger partial charge in [-0.3, -0.25) is 9.59 Å². The highest BCUT2D eigenvalue weighted by molar-refractivity contribution is 8.01. The highest BCUT2D eigenvalue weighted by Gasteiger charge is 2.25. The van der Waals surface area contributed by atoms with Crippen molar-refractivity contribution in [2.45, 2.75) is 49.4 Å². The first-order valence-electron chi connectivity index (χ1n) is 7.18. The predicted octanol–water partition coefficient (Wildman–Crippen LogP) is 2.65. The van der Waals surface area contributed by atoms with Gasteiger partial charge < -0.3 is 10.0 Å². The van der Waals surface area contributed by atoms with Gasteiger partial charge in [-0.25, -0.2) is 4.98 Å². The molecule has 1 fully saturated rings. The van der Waals surface area contributed by atoms with Crippen LogP contribution in [0.25, 0.3) is 0 Å². The number of thiazole rings is 1. The molecular formula is C14H20N2O3S2. The fourth-order valence-corrected chi connectivity index (χ4v) is 4.28. The van der Waals surface area contributed by atoms with E-state index < -0.39 is 5.97 Å². The first-order chi connectivity index (χ1) is 10.1. The maximum Gasteiger partial charge on any atom is 0.309 e. The van der Waals surface area contributed by atoms with Crippen LogP contribution in [0.2, 0.25) is 0 Å². The molecule has 1 aromatic rings. The standard InChI is InChI=1S/C14H20N2O3S2/c1-2-11-5-3-4-6-16(11)12(17)9-21-14-15-10(8-20-14)7-13(18)19/h8,11H,2-7,9H2,1H3,(H,18,19). The summed E-state index contributed by atoms with van der Waals surface area (Å²) in [6, 6.07) is 0.380. The molecule has 7 heteroatoms. The largest absolute Gasteiger partial charge is 0.481 e. The minimum absolute atomic E-state index is 0.0605. The van der Waals surface area contributed by atoms with Gasteiger partial charge in [-0.05, 0) is 25.7 Å². The molecule has 1 N–H and O–H groups in total. The van der Waals surface area contributed by atoms with Gasteiger partial charge in [0.15, 0.2) is 4.34 Å². The molecule has 116 valence electrons. The number of rotatable bonds is 6. The molecule has 1 aromatic heterocycles. The van der Waals surface area contributed by atoms with Crippen LogP contribution in [0.5, 0.6) is 0 Å². The van der Waals surface area contributed by atoms with Gasteiger partial charge in [-0.15, -0.1) is 11.3 Å². The summed E-state index contributed by atoms with van der Waals surface area (Å²) in [4.78, 5) is 29.2. The fourth-order valence-electron chi connectivity index (χ4n) is 2.55. The minimum atomic E-state index is -0.882. The van der Waals surface area contributed by atoms with Crippen LogP contribution in [0.3, 0.4) is 0 Å². The van der Waals surface area contributed by atoms with Gasteiger partial charge in [0.2, 0.25) is 5.91 Å². The van der Waals surface area contributed by atoms with E-state index in [4.69, 9.17) is 5.11 Å². The van der Waals surface area contributed by atoms with E-state index in [2.05, 4.69) is 11.9 Å². The Labute approximate surface area is 132 Å². The Hall–Kier alpha value is -1.08.